The Morgan fingerprint density at radius 3 is 2.43 bits per heavy atom. The molecule has 0 radical (unpaired) electrons. The molecular weight excluding hydrogens is 288 g/mol. The minimum atomic E-state index is -0.232. The van der Waals surface area contributed by atoms with Crippen LogP contribution in [0.5, 0.6) is 0 Å². The van der Waals surface area contributed by atoms with Crippen LogP contribution in [0.4, 0.5) is 4.79 Å². The van der Waals surface area contributed by atoms with Crippen LogP contribution in [-0.4, -0.2) is 71.1 Å². The minimum Gasteiger partial charge on any atom is -0.339 e. The molecule has 0 aromatic carbocycles. The van der Waals surface area contributed by atoms with E-state index in [0.717, 1.165) is 24.6 Å². The van der Waals surface area contributed by atoms with Crippen molar-refractivity contribution in [3.8, 4) is 0 Å². The average Bonchev–Trinajstić information content (AvgIpc) is 2.80. The Morgan fingerprint density at radius 2 is 1.81 bits per heavy atom. The van der Waals surface area contributed by atoms with E-state index in [1.54, 1.807) is 11.8 Å². The predicted molar refractivity (Wildman–Crippen MR) is 85.3 cm³/mol. The molecular formula is C14H26N4O2S. The van der Waals surface area contributed by atoms with Gasteiger partial charge < -0.3 is 15.1 Å². The maximum Gasteiger partial charge on any atom is 0.317 e. The van der Waals surface area contributed by atoms with Crippen LogP contribution in [0.25, 0.3) is 0 Å². The molecule has 2 heterocycles. The van der Waals surface area contributed by atoms with Gasteiger partial charge in [0, 0.05) is 43.3 Å². The zero-order valence-electron chi connectivity index (χ0n) is 13.1. The lowest BCUT2D eigenvalue weighted by Crippen LogP contribution is -2.50. The van der Waals surface area contributed by atoms with Gasteiger partial charge in [0.05, 0.1) is 6.04 Å². The number of urea groups is 1. The summed E-state index contributed by atoms with van der Waals surface area (Å²) < 4.78 is 0. The first kappa shape index (κ1) is 16.4. The van der Waals surface area contributed by atoms with Gasteiger partial charge >= 0.3 is 6.03 Å². The van der Waals surface area contributed by atoms with Crippen LogP contribution in [0.15, 0.2) is 0 Å². The zero-order valence-corrected chi connectivity index (χ0v) is 14.0. The Bertz CT molecular complexity index is 391. The van der Waals surface area contributed by atoms with Crippen molar-refractivity contribution in [2.45, 2.75) is 38.8 Å². The standard InChI is InChI=1S/C14H26N4O2S/c1-14(2,3)16-13(20)18-6-4-5-17(7-8-18)12(19)11-9-21-10-15-11/h11,15H,4-10H2,1-3H3,(H,16,20). The highest BCUT2D eigenvalue weighted by molar-refractivity contribution is 7.99. The van der Waals surface area contributed by atoms with E-state index in [1.165, 1.54) is 0 Å². The molecule has 1 unspecified atom stereocenters. The second-order valence-corrected chi connectivity index (χ2v) is 7.65. The molecule has 6 nitrogen and oxygen atoms in total. The van der Waals surface area contributed by atoms with Crippen molar-refractivity contribution in [2.75, 3.05) is 37.8 Å². The van der Waals surface area contributed by atoms with Crippen molar-refractivity contribution in [3.63, 3.8) is 0 Å². The third-order valence-corrected chi connectivity index (χ3v) is 4.53. The normalized spacial score (nSPS) is 23.9. The molecule has 2 fully saturated rings. The molecule has 0 aliphatic carbocycles. The van der Waals surface area contributed by atoms with Crippen LogP contribution in [0, 0.1) is 0 Å². The first-order valence-corrected chi connectivity index (χ1v) is 8.69. The largest absolute Gasteiger partial charge is 0.339 e. The maximum absolute atomic E-state index is 12.4. The summed E-state index contributed by atoms with van der Waals surface area (Å²) in [5.74, 6) is 1.88. The van der Waals surface area contributed by atoms with Gasteiger partial charge in [-0.3, -0.25) is 10.1 Å². The molecule has 21 heavy (non-hydrogen) atoms. The van der Waals surface area contributed by atoms with Gasteiger partial charge in [-0.25, -0.2) is 4.79 Å². The molecule has 0 spiro atoms. The molecule has 0 saturated carbocycles. The number of hydrogen-bond donors (Lipinski definition) is 2. The average molecular weight is 314 g/mol. The topological polar surface area (TPSA) is 64.7 Å². The Kier molecular flexibility index (Phi) is 5.37. The summed E-state index contributed by atoms with van der Waals surface area (Å²) in [5.41, 5.74) is -0.232. The highest BCUT2D eigenvalue weighted by Gasteiger charge is 2.29. The van der Waals surface area contributed by atoms with Gasteiger partial charge in [0.25, 0.3) is 0 Å². The molecule has 2 rings (SSSR count). The van der Waals surface area contributed by atoms with E-state index < -0.39 is 0 Å². The van der Waals surface area contributed by atoms with Crippen molar-refractivity contribution in [1.82, 2.24) is 20.4 Å². The van der Waals surface area contributed by atoms with Gasteiger partial charge in [-0.2, -0.15) is 0 Å². The lowest BCUT2D eigenvalue weighted by molar-refractivity contribution is -0.132. The van der Waals surface area contributed by atoms with E-state index in [4.69, 9.17) is 0 Å². The number of hydrogen-bond acceptors (Lipinski definition) is 4. The number of nitrogens with zero attached hydrogens (tertiary/aromatic N) is 2. The van der Waals surface area contributed by atoms with Crippen molar-refractivity contribution in [2.24, 2.45) is 0 Å². The minimum absolute atomic E-state index is 0.0358. The molecule has 3 amide bonds. The van der Waals surface area contributed by atoms with Crippen molar-refractivity contribution < 1.29 is 9.59 Å². The fourth-order valence-electron chi connectivity index (χ4n) is 2.51. The molecule has 120 valence electrons. The Balaban J connectivity index is 1.86. The summed E-state index contributed by atoms with van der Waals surface area (Å²) in [6, 6.07) is -0.0868. The fourth-order valence-corrected chi connectivity index (χ4v) is 3.45. The van der Waals surface area contributed by atoms with Gasteiger partial charge in [0.2, 0.25) is 5.91 Å². The number of thioether (sulfide) groups is 1. The molecule has 2 aliphatic heterocycles. The lowest BCUT2D eigenvalue weighted by atomic mass is 10.1. The van der Waals surface area contributed by atoms with Crippen LogP contribution in [-0.2, 0) is 4.79 Å². The summed E-state index contributed by atoms with van der Waals surface area (Å²) in [6.45, 7) is 8.60. The zero-order chi connectivity index (χ0) is 15.5. The monoisotopic (exact) mass is 314 g/mol. The summed E-state index contributed by atoms with van der Waals surface area (Å²) in [5, 5.41) is 6.20. The Morgan fingerprint density at radius 1 is 1.14 bits per heavy atom. The highest BCUT2D eigenvalue weighted by Crippen LogP contribution is 2.14. The third kappa shape index (κ3) is 4.78. The van der Waals surface area contributed by atoms with Gasteiger partial charge in [-0.05, 0) is 27.2 Å². The van der Waals surface area contributed by atoms with E-state index >= 15 is 0 Å². The van der Waals surface area contributed by atoms with Gasteiger partial charge in [0.15, 0.2) is 0 Å². The Labute approximate surface area is 131 Å². The maximum atomic E-state index is 12.4. The van der Waals surface area contributed by atoms with Crippen LogP contribution in [0.1, 0.15) is 27.2 Å². The summed E-state index contributed by atoms with van der Waals surface area (Å²) in [7, 11) is 0. The number of carbonyl (C=O) groups is 2. The van der Waals surface area contributed by atoms with Gasteiger partial charge in [-0.15, -0.1) is 11.8 Å². The number of carbonyl (C=O) groups excluding carboxylic acids is 2. The van der Waals surface area contributed by atoms with Crippen molar-refractivity contribution >= 4 is 23.7 Å². The number of amides is 3. The van der Waals surface area contributed by atoms with Gasteiger partial charge in [0.1, 0.15) is 0 Å². The molecule has 0 aromatic heterocycles. The number of rotatable bonds is 1. The molecule has 2 aliphatic rings. The van der Waals surface area contributed by atoms with Crippen molar-refractivity contribution in [3.05, 3.63) is 0 Å². The van der Waals surface area contributed by atoms with Crippen LogP contribution >= 0.6 is 11.8 Å². The highest BCUT2D eigenvalue weighted by atomic mass is 32.2. The van der Waals surface area contributed by atoms with E-state index in [0.29, 0.717) is 19.6 Å². The lowest BCUT2D eigenvalue weighted by Gasteiger charge is -2.28. The SMILES string of the molecule is CC(C)(C)NC(=O)N1CCCN(C(=O)C2CSCN2)CC1. The number of nitrogens with one attached hydrogen (secondary N) is 2. The van der Waals surface area contributed by atoms with Crippen LogP contribution in [0.2, 0.25) is 0 Å². The molecule has 0 bridgehead atoms. The third-order valence-electron chi connectivity index (χ3n) is 3.59. The first-order chi connectivity index (χ1) is 9.87. The molecule has 0 aromatic rings. The first-order valence-electron chi connectivity index (χ1n) is 7.54. The molecule has 2 saturated heterocycles. The summed E-state index contributed by atoms with van der Waals surface area (Å²) in [6.07, 6.45) is 0.836. The second kappa shape index (κ2) is 6.87. The van der Waals surface area contributed by atoms with Gasteiger partial charge in [-0.1, -0.05) is 0 Å². The fraction of sp³-hybridized carbons (Fsp3) is 0.857. The second-order valence-electron chi connectivity index (χ2n) is 6.62. The smallest absolute Gasteiger partial charge is 0.317 e. The van der Waals surface area contributed by atoms with Crippen LogP contribution in [0.3, 0.4) is 0 Å². The summed E-state index contributed by atoms with van der Waals surface area (Å²) in [4.78, 5) is 28.3. The predicted octanol–water partition coefficient (Wildman–Crippen LogP) is 0.691. The van der Waals surface area contributed by atoms with E-state index in [1.807, 2.05) is 30.6 Å². The van der Waals surface area contributed by atoms with Crippen molar-refractivity contribution in [1.29, 1.82) is 0 Å². The Hall–Kier alpha value is -0.950. The van der Waals surface area contributed by atoms with E-state index in [9.17, 15) is 9.59 Å². The molecule has 1 atom stereocenters. The summed E-state index contributed by atoms with van der Waals surface area (Å²) >= 11 is 1.76. The van der Waals surface area contributed by atoms with E-state index in [-0.39, 0.29) is 23.5 Å². The van der Waals surface area contributed by atoms with E-state index in [2.05, 4.69) is 10.6 Å². The quantitative estimate of drug-likeness (QED) is 0.747. The molecule has 2 N–H and O–H groups in total. The van der Waals surface area contributed by atoms with Crippen LogP contribution < -0.4 is 10.6 Å². The molecule has 7 heteroatoms.